The molecule has 4 aromatic heterocycles. The number of oxazole rings is 1. The number of hydrogen-bond acceptors (Lipinski definition) is 33. The number of carbonyl (C=O) groups is 7. The molecule has 10 N–H and O–H groups in total. The number of carbonyl (C=O) groups excluding carboxylic acids is 7. The van der Waals surface area contributed by atoms with Gasteiger partial charge in [0, 0.05) is 89.6 Å². The van der Waals surface area contributed by atoms with E-state index in [2.05, 4.69) is 35.9 Å². The number of benzene rings is 1. The Bertz CT molecular complexity index is 4400. The van der Waals surface area contributed by atoms with Crippen LogP contribution in [0.2, 0.25) is 0 Å². The highest BCUT2D eigenvalue weighted by Gasteiger charge is 2.53. The Kier molecular flexibility index (Phi) is 42.7. The van der Waals surface area contributed by atoms with E-state index in [1.807, 2.05) is 56.4 Å². The minimum absolute atomic E-state index is 0.00373. The van der Waals surface area contributed by atoms with Crippen molar-refractivity contribution in [3.8, 4) is 11.3 Å². The summed E-state index contributed by atoms with van der Waals surface area (Å²) in [6.07, 6.45) is 12.7. The van der Waals surface area contributed by atoms with Crippen LogP contribution < -0.4 is 27.8 Å². The quantitative estimate of drug-likeness (QED) is 0.00932. The summed E-state index contributed by atoms with van der Waals surface area (Å²) in [4.78, 5) is 112. The number of ether oxygens (including phenoxy) is 14. The van der Waals surface area contributed by atoms with E-state index in [0.717, 1.165) is 28.9 Å². The van der Waals surface area contributed by atoms with Crippen molar-refractivity contribution in [3.63, 3.8) is 0 Å². The molecule has 2 bridgehead atoms. The molecule has 38 nitrogen and oxygen atoms in total. The van der Waals surface area contributed by atoms with Crippen molar-refractivity contribution in [2.45, 2.75) is 218 Å². The third-order valence-corrected chi connectivity index (χ3v) is 23.4. The van der Waals surface area contributed by atoms with E-state index in [0.29, 0.717) is 215 Å². The molecular weight excluding hydrogens is 1650 g/mol. The fourth-order valence-electron chi connectivity index (χ4n) is 16.0. The number of nitrogens with two attached hydrogens (primary N) is 3. The Labute approximate surface area is 742 Å². The first-order valence-corrected chi connectivity index (χ1v) is 44.4. The zero-order chi connectivity index (χ0) is 91.2. The molecule has 5 aromatic rings. The predicted molar refractivity (Wildman–Crippen MR) is 466 cm³/mol. The molecule has 2 saturated heterocycles. The van der Waals surface area contributed by atoms with E-state index in [1.165, 1.54) is 20.5 Å². The summed E-state index contributed by atoms with van der Waals surface area (Å²) in [5, 5.41) is 43.2. The van der Waals surface area contributed by atoms with Crippen molar-refractivity contribution in [1.29, 1.82) is 0 Å². The second-order valence-corrected chi connectivity index (χ2v) is 33.0. The third kappa shape index (κ3) is 31.7. The Morgan fingerprint density at radius 1 is 0.724 bits per heavy atom. The van der Waals surface area contributed by atoms with E-state index in [4.69, 9.17) is 93.0 Å². The lowest BCUT2D eigenvalue weighted by molar-refractivity contribution is -0.265. The molecule has 38 heteroatoms. The number of ketones is 3. The lowest BCUT2D eigenvalue weighted by Gasteiger charge is -2.42. The number of unbranched alkanes of at least 4 members (excludes halogenated alkanes) is 1. The molecule has 3 aliphatic heterocycles. The van der Waals surface area contributed by atoms with Gasteiger partial charge >= 0.3 is 12.1 Å². The number of aryl methyl sites for hydroxylation is 1. The van der Waals surface area contributed by atoms with Gasteiger partial charge in [0.05, 0.1) is 149 Å². The fraction of sp³-hybridized carbons (Fsp3) is 0.674. The molecule has 0 unspecified atom stereocenters. The molecule has 127 heavy (non-hydrogen) atoms. The van der Waals surface area contributed by atoms with Crippen LogP contribution in [-0.4, -0.2) is 297 Å². The number of aromatic nitrogens is 8. The first kappa shape index (κ1) is 102. The van der Waals surface area contributed by atoms with Gasteiger partial charge in [0.25, 0.3) is 17.7 Å². The molecule has 1 aromatic carbocycles. The number of methoxy groups -OCH3 is 3. The molecule has 15 atom stereocenters. The molecular formula is C89H134N14O24. The number of alkyl carbamates (subject to hydrolysis) is 1. The van der Waals surface area contributed by atoms with Gasteiger partial charge in [0.2, 0.25) is 11.7 Å². The van der Waals surface area contributed by atoms with Gasteiger partial charge in [-0.15, -0.1) is 5.10 Å². The number of esters is 1. The van der Waals surface area contributed by atoms with Crippen molar-refractivity contribution < 1.29 is 115 Å². The number of aliphatic hydroxyl groups excluding tert-OH is 1. The van der Waals surface area contributed by atoms with Crippen molar-refractivity contribution in [2.75, 3.05) is 152 Å². The smallest absolute Gasteiger partial charge is 0.407 e. The number of nitrogens with zero attached hydrogens (tertiary/aromatic N) is 9. The number of rotatable bonds is 42. The van der Waals surface area contributed by atoms with Gasteiger partial charge in [-0.1, -0.05) is 69.4 Å². The summed E-state index contributed by atoms with van der Waals surface area (Å²) in [7, 11) is 4.43. The van der Waals surface area contributed by atoms with Gasteiger partial charge in [0.15, 0.2) is 17.0 Å². The summed E-state index contributed by atoms with van der Waals surface area (Å²) in [5.74, 6) is -8.53. The average Bonchev–Trinajstić information content (AvgIpc) is 1.57. The van der Waals surface area contributed by atoms with Crippen molar-refractivity contribution in [3.05, 3.63) is 84.0 Å². The molecule has 1 aliphatic carbocycles. The summed E-state index contributed by atoms with van der Waals surface area (Å²) < 4.78 is 89.4. The topological polar surface area (TPSA) is 495 Å². The number of nitrogen functional groups attached to an aromatic ring is 2. The van der Waals surface area contributed by atoms with Crippen LogP contribution in [0.1, 0.15) is 144 Å². The molecule has 704 valence electrons. The average molecular weight is 1780 g/mol. The maximum Gasteiger partial charge on any atom is 0.407 e. The molecule has 9 rings (SSSR count). The van der Waals surface area contributed by atoms with E-state index >= 15 is 0 Å². The number of anilines is 2. The van der Waals surface area contributed by atoms with Crippen LogP contribution in [0.25, 0.3) is 33.4 Å². The molecule has 0 spiro atoms. The summed E-state index contributed by atoms with van der Waals surface area (Å²) in [5.41, 5.74) is 23.9. The van der Waals surface area contributed by atoms with Gasteiger partial charge in [-0.2, -0.15) is 10.1 Å². The highest BCUT2D eigenvalue weighted by Crippen LogP contribution is 2.39. The van der Waals surface area contributed by atoms with Gasteiger partial charge in [0.1, 0.15) is 65.3 Å². The van der Waals surface area contributed by atoms with Gasteiger partial charge in [-0.05, 0) is 132 Å². The highest BCUT2D eigenvalue weighted by molar-refractivity contribution is 6.39. The molecule has 3 fully saturated rings. The second kappa shape index (κ2) is 53.2. The van der Waals surface area contributed by atoms with Crippen LogP contribution in [-0.2, 0) is 115 Å². The van der Waals surface area contributed by atoms with Crippen LogP contribution in [0.5, 0.6) is 0 Å². The minimum Gasteiger partial charge on any atom is -0.459 e. The number of piperidine rings is 1. The Balaban J connectivity index is 0.598. The van der Waals surface area contributed by atoms with E-state index in [9.17, 15) is 43.8 Å². The number of fused-ring (bicyclic) bond motifs is 5. The lowest BCUT2D eigenvalue weighted by atomic mass is 9.80. The number of cyclic esters (lactones) is 1. The normalized spacial score (nSPS) is 25.8. The van der Waals surface area contributed by atoms with Crippen LogP contribution in [0, 0.1) is 29.6 Å². The zero-order valence-electron chi connectivity index (χ0n) is 75.0. The van der Waals surface area contributed by atoms with E-state index < -0.39 is 108 Å². The predicted octanol–water partition coefficient (Wildman–Crippen LogP) is 6.63. The van der Waals surface area contributed by atoms with Crippen LogP contribution in [0.3, 0.4) is 0 Å². The number of hydrogen-bond donors (Lipinski definition) is 7. The first-order valence-electron chi connectivity index (χ1n) is 44.4. The van der Waals surface area contributed by atoms with Crippen LogP contribution in [0.15, 0.2) is 82.7 Å². The summed E-state index contributed by atoms with van der Waals surface area (Å²) >= 11 is 0. The minimum atomic E-state index is -2.51. The van der Waals surface area contributed by atoms with Gasteiger partial charge < -0.3 is 114 Å². The number of amides is 3. The van der Waals surface area contributed by atoms with Crippen molar-refractivity contribution in [2.24, 2.45) is 35.3 Å². The van der Waals surface area contributed by atoms with Gasteiger partial charge in [-0.25, -0.2) is 28.9 Å². The largest absolute Gasteiger partial charge is 0.459 e. The second-order valence-electron chi connectivity index (χ2n) is 33.0. The number of aliphatic hydroxyl groups is 2. The Morgan fingerprint density at radius 2 is 1.40 bits per heavy atom. The number of allylic oxidation sites excluding steroid dienone is 6. The Hall–Kier alpha value is -8.97. The fourth-order valence-corrected chi connectivity index (χ4v) is 16.0. The van der Waals surface area contributed by atoms with E-state index in [-0.39, 0.29) is 81.3 Å². The van der Waals surface area contributed by atoms with Crippen molar-refractivity contribution in [1.82, 2.24) is 55.3 Å². The van der Waals surface area contributed by atoms with Crippen LogP contribution >= 0.6 is 0 Å². The molecule has 7 heterocycles. The molecule has 4 aliphatic rings. The molecule has 1 saturated carbocycles. The van der Waals surface area contributed by atoms with Crippen LogP contribution in [0.4, 0.5) is 16.6 Å². The van der Waals surface area contributed by atoms with E-state index in [1.54, 1.807) is 62.5 Å². The molecule has 0 radical (unpaired) electrons. The first-order chi connectivity index (χ1) is 61.3. The highest BCUT2D eigenvalue weighted by atomic mass is 16.6. The number of nitrogens with one attached hydrogen (secondary N) is 2. The summed E-state index contributed by atoms with van der Waals surface area (Å²) in [6, 6.07) is 3.33. The Morgan fingerprint density at radius 3 is 2.07 bits per heavy atom. The zero-order valence-corrected chi connectivity index (χ0v) is 75.0. The number of Topliss-reactive ketones (excluding diaryl/α,β-unsaturated/α-hetero) is 3. The molecule has 3 amide bonds. The maximum absolute atomic E-state index is 14.7. The standard InChI is InChI=1S/C89H134N14O24/c1-57-17-11-10-12-18-58(2)73(113-7)52-66-23-20-62(6)89(112,127-66)82(108)85(109)102-28-15-13-19-69(102)86(110)124-74(53-70(104)59(3)48-61(5)80(107)81(115-9)79(106)60(4)47-57)67(90)49-63-21-24-72(75(50-63)114-8)126-88(111)94-54-65-55-101(100-98-65)30-32-117-34-36-119-38-40-121-42-44-123-46-45-122-43-41-120-39-37-118-35-33-116-31-26-76(105)93-27-14-16-29-103-84-77(83(91)95-56-96-84)78(99-103)64-22-25-71-68(51-64)97-87(92)125-71/h10-12,17-18,22,25,48,51,55-57,59-60,62-63,66-67,69,72-75,80-81,107,112H,13-16,19-21,23-24,26-47,49-50,52-54,90H2,1-9H3,(H2,92,97)(H,93,105)(H,94,111)(H2,91,95,96)/b12-10?,17-11+,58-18?,61-48+/t57-,59-,60-,62-,63+,66+,67-,69+,72-,73+,74+,75-,80-,81+,89-/m1/s1. The maximum atomic E-state index is 14.7. The van der Waals surface area contributed by atoms with Crippen molar-refractivity contribution >= 4 is 75.2 Å². The lowest BCUT2D eigenvalue weighted by Crippen LogP contribution is -2.61. The van der Waals surface area contributed by atoms with Gasteiger partial charge in [-0.3, -0.25) is 24.0 Å². The summed E-state index contributed by atoms with van der Waals surface area (Å²) in [6.45, 7) is 18.1. The SMILES string of the molecule is CO[C@H]1C[C@@H]2CC[C@@H](C)[C@@](O)(O2)C(=O)C(=O)N2CCCC[C@H]2C(=O)O[C@H]([C@H](N)C[C@@H]2CC[C@@H](OC(=O)NCc3cn(CCOCCOCCOCCOCCOCCOCCOCCOCCC(=O)NCCCCn4nc(-c5ccc6oc(N)nc6c5)c5c(N)ncnc54)nn3)[C@H](OC)C2)CC(=O)[C@H](C)/C=C(\C)[C@@H](O)[C@@H](OC)C(=O)[C@H](C)C[C@H](C)/C=C/C=CC=C1C. The monoisotopic (exact) mass is 1780 g/mol. The third-order valence-electron chi connectivity index (χ3n) is 23.4.